The van der Waals surface area contributed by atoms with E-state index >= 15 is 0 Å². The van der Waals surface area contributed by atoms with E-state index in [0.29, 0.717) is 22.9 Å². The smallest absolute Gasteiger partial charge is 0.336 e. The average Bonchev–Trinajstić information content (AvgIpc) is 2.54. The molecule has 0 amide bonds. The number of ether oxygens (including phenoxy) is 1. The van der Waals surface area contributed by atoms with E-state index in [1.54, 1.807) is 25.3 Å². The third kappa shape index (κ3) is 3.24. The number of rotatable bonds is 4. The number of hydrogen-bond donors (Lipinski definition) is 1. The van der Waals surface area contributed by atoms with Crippen LogP contribution in [0.25, 0.3) is 11.0 Å². The van der Waals surface area contributed by atoms with Gasteiger partial charge in [-0.15, -0.1) is 0 Å². The Bertz CT molecular complexity index is 963. The third-order valence-corrected chi connectivity index (χ3v) is 4.31. The molecule has 0 atom stereocenters. The second kappa shape index (κ2) is 6.57. The number of aryl methyl sites for hydroxylation is 2. The summed E-state index contributed by atoms with van der Waals surface area (Å²) in [4.78, 5) is 11.8. The van der Waals surface area contributed by atoms with E-state index in [4.69, 9.17) is 20.8 Å². The minimum absolute atomic E-state index is 0.361. The highest BCUT2D eigenvalue weighted by molar-refractivity contribution is 6.30. The molecule has 0 spiro atoms. The van der Waals surface area contributed by atoms with Gasteiger partial charge in [0.2, 0.25) is 0 Å². The zero-order valence-corrected chi connectivity index (χ0v) is 14.5. The molecule has 24 heavy (non-hydrogen) atoms. The molecular formula is C19H18ClNO3. The summed E-state index contributed by atoms with van der Waals surface area (Å²) in [7, 11) is 1.60. The molecule has 1 heterocycles. The van der Waals surface area contributed by atoms with Crippen molar-refractivity contribution in [2.45, 2.75) is 20.4 Å². The van der Waals surface area contributed by atoms with Crippen LogP contribution in [-0.2, 0) is 6.54 Å². The lowest BCUT2D eigenvalue weighted by Crippen LogP contribution is -2.07. The van der Waals surface area contributed by atoms with E-state index < -0.39 is 0 Å². The molecule has 0 saturated carbocycles. The van der Waals surface area contributed by atoms with Crippen LogP contribution < -0.4 is 15.7 Å². The maximum Gasteiger partial charge on any atom is 0.336 e. The van der Waals surface area contributed by atoms with E-state index in [1.807, 2.05) is 26.0 Å². The molecule has 2 aromatic carbocycles. The SMILES string of the molecule is COc1ccc(Cl)cc1NCc1cc(=O)oc2cc(C)c(C)cc12. The normalized spacial score (nSPS) is 10.8. The van der Waals surface area contributed by atoms with Gasteiger partial charge in [-0.25, -0.2) is 4.79 Å². The molecule has 0 unspecified atom stereocenters. The van der Waals surface area contributed by atoms with Crippen molar-refractivity contribution in [3.63, 3.8) is 0 Å². The van der Waals surface area contributed by atoms with Gasteiger partial charge in [-0.3, -0.25) is 0 Å². The van der Waals surface area contributed by atoms with Crippen LogP contribution in [0.5, 0.6) is 5.75 Å². The molecule has 0 saturated heterocycles. The topological polar surface area (TPSA) is 51.5 Å². The van der Waals surface area contributed by atoms with Gasteiger partial charge in [0, 0.05) is 23.0 Å². The molecule has 1 aromatic heterocycles. The van der Waals surface area contributed by atoms with Gasteiger partial charge < -0.3 is 14.5 Å². The molecule has 0 radical (unpaired) electrons. The highest BCUT2D eigenvalue weighted by Crippen LogP contribution is 2.29. The lowest BCUT2D eigenvalue weighted by atomic mass is 10.0. The Morgan fingerprint density at radius 3 is 2.62 bits per heavy atom. The summed E-state index contributed by atoms with van der Waals surface area (Å²) in [5.74, 6) is 0.693. The van der Waals surface area contributed by atoms with Crippen LogP contribution in [0.2, 0.25) is 5.02 Å². The third-order valence-electron chi connectivity index (χ3n) is 4.08. The van der Waals surface area contributed by atoms with Crippen molar-refractivity contribution in [3.8, 4) is 5.75 Å². The maximum absolute atomic E-state index is 11.8. The molecule has 124 valence electrons. The lowest BCUT2D eigenvalue weighted by Gasteiger charge is -2.13. The van der Waals surface area contributed by atoms with Crippen molar-refractivity contribution < 1.29 is 9.15 Å². The van der Waals surface area contributed by atoms with Gasteiger partial charge in [-0.05, 0) is 60.9 Å². The van der Waals surface area contributed by atoms with E-state index in [2.05, 4.69) is 5.32 Å². The fourth-order valence-electron chi connectivity index (χ4n) is 2.64. The largest absolute Gasteiger partial charge is 0.495 e. The number of methoxy groups -OCH3 is 1. The Balaban J connectivity index is 2.00. The number of fused-ring (bicyclic) bond motifs is 1. The van der Waals surface area contributed by atoms with Gasteiger partial charge >= 0.3 is 5.63 Å². The van der Waals surface area contributed by atoms with Crippen molar-refractivity contribution in [3.05, 3.63) is 68.5 Å². The molecule has 3 aromatic rings. The highest BCUT2D eigenvalue weighted by Gasteiger charge is 2.09. The van der Waals surface area contributed by atoms with Gasteiger partial charge in [0.05, 0.1) is 12.8 Å². The van der Waals surface area contributed by atoms with Crippen molar-refractivity contribution in [2.24, 2.45) is 0 Å². The van der Waals surface area contributed by atoms with Crippen LogP contribution >= 0.6 is 11.6 Å². The van der Waals surface area contributed by atoms with Crippen LogP contribution in [0.15, 0.2) is 45.6 Å². The fourth-order valence-corrected chi connectivity index (χ4v) is 2.81. The first-order valence-electron chi connectivity index (χ1n) is 7.59. The lowest BCUT2D eigenvalue weighted by molar-refractivity contribution is 0.416. The number of nitrogens with one attached hydrogen (secondary N) is 1. The molecule has 4 nitrogen and oxygen atoms in total. The molecule has 0 bridgehead atoms. The first-order valence-corrected chi connectivity index (χ1v) is 7.97. The van der Waals surface area contributed by atoms with E-state index in [9.17, 15) is 4.79 Å². The molecular weight excluding hydrogens is 326 g/mol. The first kappa shape index (κ1) is 16.4. The summed E-state index contributed by atoms with van der Waals surface area (Å²) < 4.78 is 10.7. The van der Waals surface area contributed by atoms with Gasteiger partial charge in [0.15, 0.2) is 0 Å². The Kier molecular flexibility index (Phi) is 4.49. The standard InChI is InChI=1S/C19H18ClNO3/c1-11-6-15-13(8-19(22)24-18(15)7-12(11)2)10-21-16-9-14(20)4-5-17(16)23-3/h4-9,21H,10H2,1-3H3. The predicted molar refractivity (Wildman–Crippen MR) is 97.3 cm³/mol. The molecule has 3 rings (SSSR count). The predicted octanol–water partition coefficient (Wildman–Crippen LogP) is 4.68. The van der Waals surface area contributed by atoms with Gasteiger partial charge in [-0.2, -0.15) is 0 Å². The Morgan fingerprint density at radius 1 is 1.12 bits per heavy atom. The Morgan fingerprint density at radius 2 is 1.88 bits per heavy atom. The van der Waals surface area contributed by atoms with Crippen LogP contribution in [0.4, 0.5) is 5.69 Å². The van der Waals surface area contributed by atoms with Gasteiger partial charge in [0.1, 0.15) is 11.3 Å². The van der Waals surface area contributed by atoms with Crippen molar-refractivity contribution in [1.82, 2.24) is 0 Å². The second-order valence-corrected chi connectivity index (χ2v) is 6.16. The van der Waals surface area contributed by atoms with Crippen LogP contribution in [0.3, 0.4) is 0 Å². The minimum atomic E-state index is -0.361. The van der Waals surface area contributed by atoms with Gasteiger partial charge in [-0.1, -0.05) is 11.6 Å². The van der Waals surface area contributed by atoms with Crippen LogP contribution in [0.1, 0.15) is 16.7 Å². The quantitative estimate of drug-likeness (QED) is 0.698. The maximum atomic E-state index is 11.8. The Labute approximate surface area is 145 Å². The highest BCUT2D eigenvalue weighted by atomic mass is 35.5. The molecule has 0 aliphatic rings. The first-order chi connectivity index (χ1) is 11.5. The number of hydrogen-bond acceptors (Lipinski definition) is 4. The molecule has 0 fully saturated rings. The molecule has 0 aliphatic heterocycles. The van der Waals surface area contributed by atoms with E-state index in [1.165, 1.54) is 6.07 Å². The molecule has 5 heteroatoms. The average molecular weight is 344 g/mol. The fraction of sp³-hybridized carbons (Fsp3) is 0.211. The van der Waals surface area contributed by atoms with Crippen LogP contribution in [0, 0.1) is 13.8 Å². The van der Waals surface area contributed by atoms with Crippen molar-refractivity contribution in [1.29, 1.82) is 0 Å². The Hall–Kier alpha value is -2.46. The second-order valence-electron chi connectivity index (χ2n) is 5.72. The number of benzene rings is 2. The number of halogens is 1. The summed E-state index contributed by atoms with van der Waals surface area (Å²) in [6.07, 6.45) is 0. The summed E-state index contributed by atoms with van der Waals surface area (Å²) in [5.41, 5.74) is 4.12. The van der Waals surface area contributed by atoms with Crippen molar-refractivity contribution in [2.75, 3.05) is 12.4 Å². The monoisotopic (exact) mass is 343 g/mol. The molecule has 0 aliphatic carbocycles. The van der Waals surface area contributed by atoms with Crippen molar-refractivity contribution >= 4 is 28.3 Å². The summed E-state index contributed by atoms with van der Waals surface area (Å²) >= 11 is 6.05. The minimum Gasteiger partial charge on any atom is -0.495 e. The van der Waals surface area contributed by atoms with E-state index in [0.717, 1.165) is 27.8 Å². The summed E-state index contributed by atoms with van der Waals surface area (Å²) in [6, 6.07) is 10.8. The number of anilines is 1. The van der Waals surface area contributed by atoms with E-state index in [-0.39, 0.29) is 5.63 Å². The summed E-state index contributed by atoms with van der Waals surface area (Å²) in [5, 5.41) is 4.82. The van der Waals surface area contributed by atoms with Gasteiger partial charge in [0.25, 0.3) is 0 Å². The molecule has 1 N–H and O–H groups in total. The zero-order chi connectivity index (χ0) is 17.3. The van der Waals surface area contributed by atoms with Crippen LogP contribution in [-0.4, -0.2) is 7.11 Å². The zero-order valence-electron chi connectivity index (χ0n) is 13.8. The summed E-state index contributed by atoms with van der Waals surface area (Å²) in [6.45, 7) is 4.49.